The molecular formula is C24H27FO8. The fourth-order valence-electron chi connectivity index (χ4n) is 6.96. The lowest BCUT2D eigenvalue weighted by atomic mass is 9.45. The Morgan fingerprint density at radius 1 is 1.27 bits per heavy atom. The number of rotatable bonds is 5. The van der Waals surface area contributed by atoms with Crippen LogP contribution in [-0.4, -0.2) is 62.3 Å². The number of aliphatic carboxylic acids is 1. The van der Waals surface area contributed by atoms with Gasteiger partial charge in [-0.25, -0.2) is 4.39 Å². The first-order valence-electron chi connectivity index (χ1n) is 11.1. The highest BCUT2D eigenvalue weighted by atomic mass is 19.1. The third-order valence-electron chi connectivity index (χ3n) is 8.86. The zero-order chi connectivity index (χ0) is 24.6. The second-order valence-electron chi connectivity index (χ2n) is 10.3. The predicted molar refractivity (Wildman–Crippen MR) is 111 cm³/mol. The number of carbonyl (C=O) groups is 5. The SMILES string of the molecule is C[C@]12CCC(=O)C=C1C(C=O)=C[C@H]1[C@@H]3CC[C@](O)(C(=O)C(O)CC(=O)O)[C@@]3(C)CC(=O)[C@@]12F. The van der Waals surface area contributed by atoms with Crippen molar-refractivity contribution < 1.29 is 43.7 Å². The number of fused-ring (bicyclic) bond motifs is 5. The first-order chi connectivity index (χ1) is 15.3. The third kappa shape index (κ3) is 2.84. The molecule has 178 valence electrons. The van der Waals surface area contributed by atoms with Gasteiger partial charge in [-0.3, -0.25) is 24.0 Å². The van der Waals surface area contributed by atoms with E-state index in [0.29, 0.717) is 6.29 Å². The molecule has 9 heteroatoms. The van der Waals surface area contributed by atoms with Crippen molar-refractivity contribution in [1.29, 1.82) is 0 Å². The fraction of sp³-hybridized carbons (Fsp3) is 0.625. The second kappa shape index (κ2) is 7.24. The number of hydrogen-bond donors (Lipinski definition) is 3. The molecule has 2 saturated carbocycles. The number of ketones is 3. The number of aldehydes is 1. The highest BCUT2D eigenvalue weighted by Crippen LogP contribution is 2.68. The van der Waals surface area contributed by atoms with Gasteiger partial charge in [0.15, 0.2) is 23.0 Å². The molecule has 0 amide bonds. The summed E-state index contributed by atoms with van der Waals surface area (Å²) in [6.07, 6.45) is -0.210. The van der Waals surface area contributed by atoms with Crippen molar-refractivity contribution >= 4 is 29.6 Å². The lowest BCUT2D eigenvalue weighted by Crippen LogP contribution is -2.68. The molecule has 0 bridgehead atoms. The lowest BCUT2D eigenvalue weighted by Gasteiger charge is -2.59. The van der Waals surface area contributed by atoms with Crippen LogP contribution in [0.4, 0.5) is 4.39 Å². The number of aliphatic hydroxyl groups excluding tert-OH is 1. The molecule has 7 atom stereocenters. The van der Waals surface area contributed by atoms with Crippen LogP contribution < -0.4 is 0 Å². The summed E-state index contributed by atoms with van der Waals surface area (Å²) in [4.78, 5) is 61.4. The Hall–Kier alpha value is -2.52. The van der Waals surface area contributed by atoms with E-state index in [1.54, 1.807) is 0 Å². The molecule has 1 unspecified atom stereocenters. The summed E-state index contributed by atoms with van der Waals surface area (Å²) in [5.41, 5.74) is -7.22. The van der Waals surface area contributed by atoms with Crippen LogP contribution in [-0.2, 0) is 24.0 Å². The predicted octanol–water partition coefficient (Wildman–Crippen LogP) is 1.27. The van der Waals surface area contributed by atoms with Crippen LogP contribution in [0.15, 0.2) is 23.3 Å². The number of carboxylic acids is 1. The van der Waals surface area contributed by atoms with Crippen LogP contribution in [0.2, 0.25) is 0 Å². The standard InChI is InChI=1S/C24H27FO8/c1-21-5-3-13(27)8-15(21)12(11-26)7-16-14-4-6-23(33,20(32)17(28)9-19(30)31)22(14,2)10-18(29)24(16,21)25/h7-8,11,14,16-17,28,33H,3-6,9-10H2,1-2H3,(H,30,31)/t14-,16-,17?,21-,22-,23-,24-/m0/s1. The number of alkyl halides is 1. The van der Waals surface area contributed by atoms with Gasteiger partial charge in [-0.05, 0) is 36.8 Å². The molecule has 0 heterocycles. The minimum atomic E-state index is -2.44. The summed E-state index contributed by atoms with van der Waals surface area (Å²) in [6, 6.07) is 0. The average Bonchev–Trinajstić information content (AvgIpc) is 3.00. The van der Waals surface area contributed by atoms with Crippen LogP contribution in [0.5, 0.6) is 0 Å². The number of Topliss-reactive ketones (excluding diaryl/α,β-unsaturated/α-hetero) is 2. The van der Waals surface area contributed by atoms with Gasteiger partial charge in [0.1, 0.15) is 18.0 Å². The maximum Gasteiger partial charge on any atom is 0.306 e. The lowest BCUT2D eigenvalue weighted by molar-refractivity contribution is -0.184. The van der Waals surface area contributed by atoms with Gasteiger partial charge in [0.25, 0.3) is 0 Å². The van der Waals surface area contributed by atoms with E-state index in [0.717, 1.165) is 0 Å². The van der Waals surface area contributed by atoms with Crippen molar-refractivity contribution in [2.75, 3.05) is 0 Å². The topological polar surface area (TPSA) is 146 Å². The van der Waals surface area contributed by atoms with Crippen LogP contribution >= 0.6 is 0 Å². The molecule has 4 aliphatic rings. The van der Waals surface area contributed by atoms with Gasteiger partial charge < -0.3 is 15.3 Å². The molecule has 0 aliphatic heterocycles. The van der Waals surface area contributed by atoms with Crippen molar-refractivity contribution in [3.8, 4) is 0 Å². The molecule has 0 radical (unpaired) electrons. The number of carboxylic acid groups (broad SMARTS) is 1. The Labute approximate surface area is 189 Å². The van der Waals surface area contributed by atoms with Crippen LogP contribution in [0, 0.1) is 22.7 Å². The van der Waals surface area contributed by atoms with Crippen molar-refractivity contribution in [2.24, 2.45) is 22.7 Å². The van der Waals surface area contributed by atoms with Gasteiger partial charge in [0, 0.05) is 35.2 Å². The monoisotopic (exact) mass is 462 g/mol. The Balaban J connectivity index is 1.84. The minimum Gasteiger partial charge on any atom is -0.481 e. The smallest absolute Gasteiger partial charge is 0.306 e. The van der Waals surface area contributed by atoms with E-state index in [2.05, 4.69) is 0 Å². The quantitative estimate of drug-likeness (QED) is 0.518. The summed E-state index contributed by atoms with van der Waals surface area (Å²) in [5, 5.41) is 30.5. The fourth-order valence-corrected chi connectivity index (χ4v) is 6.96. The molecule has 0 spiro atoms. The Bertz CT molecular complexity index is 1050. The molecule has 2 fully saturated rings. The zero-order valence-electron chi connectivity index (χ0n) is 18.5. The highest BCUT2D eigenvalue weighted by molar-refractivity contribution is 6.01. The van der Waals surface area contributed by atoms with E-state index < -0.39 is 70.4 Å². The number of carbonyl (C=O) groups excluding carboxylic acids is 4. The van der Waals surface area contributed by atoms with E-state index in [9.17, 15) is 34.2 Å². The van der Waals surface area contributed by atoms with Gasteiger partial charge in [0.2, 0.25) is 0 Å². The Kier molecular flexibility index (Phi) is 5.18. The maximum absolute atomic E-state index is 17.0. The number of aliphatic hydroxyl groups is 2. The Morgan fingerprint density at radius 2 is 1.94 bits per heavy atom. The van der Waals surface area contributed by atoms with Crippen molar-refractivity contribution in [2.45, 2.75) is 69.7 Å². The maximum atomic E-state index is 17.0. The molecule has 33 heavy (non-hydrogen) atoms. The molecule has 4 rings (SSSR count). The first-order valence-corrected chi connectivity index (χ1v) is 11.1. The van der Waals surface area contributed by atoms with E-state index in [1.165, 1.54) is 26.0 Å². The van der Waals surface area contributed by atoms with Gasteiger partial charge in [-0.1, -0.05) is 19.9 Å². The van der Waals surface area contributed by atoms with Crippen LogP contribution in [0.25, 0.3) is 0 Å². The molecule has 8 nitrogen and oxygen atoms in total. The largest absolute Gasteiger partial charge is 0.481 e. The molecule has 0 aromatic rings. The number of halogens is 1. The molecule has 0 aromatic carbocycles. The van der Waals surface area contributed by atoms with Crippen LogP contribution in [0.1, 0.15) is 52.4 Å². The van der Waals surface area contributed by atoms with Gasteiger partial charge in [0.05, 0.1) is 6.42 Å². The summed E-state index contributed by atoms with van der Waals surface area (Å²) in [6.45, 7) is 3.03. The molecular weight excluding hydrogens is 435 g/mol. The molecule has 4 aliphatic carbocycles. The second-order valence-corrected chi connectivity index (χ2v) is 10.3. The zero-order valence-corrected chi connectivity index (χ0v) is 18.5. The third-order valence-corrected chi connectivity index (χ3v) is 8.86. The van der Waals surface area contributed by atoms with Gasteiger partial charge in [-0.2, -0.15) is 0 Å². The molecule has 3 N–H and O–H groups in total. The Morgan fingerprint density at radius 3 is 2.55 bits per heavy atom. The highest BCUT2D eigenvalue weighted by Gasteiger charge is 2.74. The van der Waals surface area contributed by atoms with Crippen molar-refractivity contribution in [3.63, 3.8) is 0 Å². The van der Waals surface area contributed by atoms with Crippen molar-refractivity contribution in [3.05, 3.63) is 23.3 Å². The number of allylic oxidation sites excluding steroid dienone is 4. The van der Waals surface area contributed by atoms with Gasteiger partial charge >= 0.3 is 5.97 Å². The number of hydrogen-bond acceptors (Lipinski definition) is 7. The summed E-state index contributed by atoms with van der Waals surface area (Å²) in [7, 11) is 0. The molecule has 0 saturated heterocycles. The van der Waals surface area contributed by atoms with E-state index in [4.69, 9.17) is 5.11 Å². The minimum absolute atomic E-state index is 0.0313. The van der Waals surface area contributed by atoms with Gasteiger partial charge in [-0.15, -0.1) is 0 Å². The summed E-state index contributed by atoms with van der Waals surface area (Å²) >= 11 is 0. The molecule has 0 aromatic heterocycles. The van der Waals surface area contributed by atoms with Crippen LogP contribution in [0.3, 0.4) is 0 Å². The summed E-state index contributed by atoms with van der Waals surface area (Å²) < 4.78 is 17.0. The summed E-state index contributed by atoms with van der Waals surface area (Å²) in [5.74, 6) is -5.46. The van der Waals surface area contributed by atoms with E-state index >= 15 is 4.39 Å². The normalized spacial score (nSPS) is 42.9. The van der Waals surface area contributed by atoms with E-state index in [-0.39, 0.29) is 42.6 Å². The average molecular weight is 462 g/mol. The van der Waals surface area contributed by atoms with E-state index in [1.807, 2.05) is 0 Å². The first kappa shape index (κ1) is 23.6. The van der Waals surface area contributed by atoms with Crippen molar-refractivity contribution in [1.82, 2.24) is 0 Å².